The Kier molecular flexibility index (Phi) is 10.1. The summed E-state index contributed by atoms with van der Waals surface area (Å²) in [6.45, 7) is 6.02. The Morgan fingerprint density at radius 1 is 1.36 bits per heavy atom. The van der Waals surface area contributed by atoms with Crippen LogP contribution in [0.1, 0.15) is 36.9 Å². The summed E-state index contributed by atoms with van der Waals surface area (Å²) in [6, 6.07) is 5.73. The summed E-state index contributed by atoms with van der Waals surface area (Å²) < 4.78 is 0.881. The van der Waals surface area contributed by atoms with E-state index in [9.17, 15) is 5.11 Å². The summed E-state index contributed by atoms with van der Waals surface area (Å²) >= 11 is 3.54. The lowest BCUT2D eigenvalue weighted by Crippen LogP contribution is -2.45. The molecule has 7 heteroatoms. The number of aromatic hydroxyl groups is 1. The first kappa shape index (κ1) is 21.5. The number of piperazine rings is 1. The maximum absolute atomic E-state index is 10.4. The van der Waals surface area contributed by atoms with E-state index in [0.29, 0.717) is 5.56 Å². The summed E-state index contributed by atoms with van der Waals surface area (Å²) in [5, 5.41) is 22.9. The summed E-state index contributed by atoms with van der Waals surface area (Å²) in [5.41, 5.74) is 1.20. The SMILES string of the molecule is CCC[C@H](c1c(Br)ccc(C#N)c1O)N1CCNCC1.Cl.Cl. The molecule has 0 saturated carbocycles. The average molecular weight is 411 g/mol. The molecule has 124 valence electrons. The summed E-state index contributed by atoms with van der Waals surface area (Å²) in [6.07, 6.45) is 2.01. The molecule has 0 spiro atoms. The van der Waals surface area contributed by atoms with E-state index in [1.807, 2.05) is 6.07 Å². The summed E-state index contributed by atoms with van der Waals surface area (Å²) in [5.74, 6) is 0.124. The maximum atomic E-state index is 10.4. The zero-order valence-electron chi connectivity index (χ0n) is 12.5. The average Bonchev–Trinajstić information content (AvgIpc) is 2.47. The highest BCUT2D eigenvalue weighted by atomic mass is 79.9. The minimum absolute atomic E-state index is 0. The molecular formula is C15H22BrCl2N3O. The third-order valence-corrected chi connectivity index (χ3v) is 4.46. The van der Waals surface area contributed by atoms with Crippen molar-refractivity contribution >= 4 is 40.7 Å². The first-order chi connectivity index (χ1) is 9.69. The van der Waals surface area contributed by atoms with Crippen LogP contribution in [0.4, 0.5) is 0 Å². The molecule has 1 aliphatic heterocycles. The van der Waals surface area contributed by atoms with Gasteiger partial charge in [-0.1, -0.05) is 29.3 Å². The molecule has 22 heavy (non-hydrogen) atoms. The fraction of sp³-hybridized carbons (Fsp3) is 0.533. The Bertz CT molecular complexity index is 516. The summed E-state index contributed by atoms with van der Waals surface area (Å²) in [7, 11) is 0. The molecule has 0 aromatic heterocycles. The Morgan fingerprint density at radius 3 is 2.55 bits per heavy atom. The zero-order valence-corrected chi connectivity index (χ0v) is 15.7. The van der Waals surface area contributed by atoms with Gasteiger partial charge in [0.2, 0.25) is 0 Å². The fourth-order valence-corrected chi connectivity index (χ4v) is 3.35. The standard InChI is InChI=1S/C15H20BrN3O.2ClH/c1-2-3-13(19-8-6-18-7-9-19)14-12(16)5-4-11(10-17)15(14)20;;/h4-5,13,18,20H,2-3,6-9H2,1H3;2*1H/t13-;;/m1../s1. The minimum Gasteiger partial charge on any atom is -0.506 e. The van der Waals surface area contributed by atoms with Crippen molar-refractivity contribution in [1.82, 2.24) is 10.2 Å². The number of hydrogen-bond acceptors (Lipinski definition) is 4. The maximum Gasteiger partial charge on any atom is 0.139 e. The lowest BCUT2D eigenvalue weighted by Gasteiger charge is -2.36. The highest BCUT2D eigenvalue weighted by molar-refractivity contribution is 9.10. The van der Waals surface area contributed by atoms with Gasteiger partial charge in [-0.25, -0.2) is 0 Å². The van der Waals surface area contributed by atoms with Crippen LogP contribution in [0.3, 0.4) is 0 Å². The second-order valence-electron chi connectivity index (χ2n) is 5.06. The van der Waals surface area contributed by atoms with Crippen LogP contribution in [-0.4, -0.2) is 36.2 Å². The van der Waals surface area contributed by atoms with Crippen LogP contribution in [-0.2, 0) is 0 Å². The molecule has 1 heterocycles. The van der Waals surface area contributed by atoms with E-state index < -0.39 is 0 Å². The number of nitriles is 1. The van der Waals surface area contributed by atoms with Crippen molar-refractivity contribution in [2.45, 2.75) is 25.8 Å². The van der Waals surface area contributed by atoms with Gasteiger partial charge in [-0.15, -0.1) is 24.8 Å². The van der Waals surface area contributed by atoms with E-state index in [1.165, 1.54) is 0 Å². The Hall–Kier alpha value is -0.510. The monoisotopic (exact) mass is 409 g/mol. The molecule has 0 amide bonds. The van der Waals surface area contributed by atoms with Crippen LogP contribution in [0.15, 0.2) is 16.6 Å². The van der Waals surface area contributed by atoms with E-state index >= 15 is 0 Å². The van der Waals surface area contributed by atoms with Crippen LogP contribution >= 0.6 is 40.7 Å². The van der Waals surface area contributed by atoms with Gasteiger partial charge >= 0.3 is 0 Å². The van der Waals surface area contributed by atoms with Gasteiger partial charge in [-0.3, -0.25) is 4.90 Å². The van der Waals surface area contributed by atoms with Gasteiger partial charge in [0.1, 0.15) is 11.8 Å². The molecule has 2 N–H and O–H groups in total. The van der Waals surface area contributed by atoms with Crippen LogP contribution < -0.4 is 5.32 Å². The zero-order chi connectivity index (χ0) is 14.5. The fourth-order valence-electron chi connectivity index (χ4n) is 2.77. The van der Waals surface area contributed by atoms with Gasteiger partial charge in [0.05, 0.1) is 5.56 Å². The van der Waals surface area contributed by atoms with Gasteiger partial charge in [0.15, 0.2) is 0 Å². The molecule has 0 bridgehead atoms. The minimum atomic E-state index is 0. The van der Waals surface area contributed by atoms with Crippen molar-refractivity contribution in [2.75, 3.05) is 26.2 Å². The Balaban J connectivity index is 0.00000220. The van der Waals surface area contributed by atoms with Crippen LogP contribution in [0.2, 0.25) is 0 Å². The van der Waals surface area contributed by atoms with E-state index in [1.54, 1.807) is 6.07 Å². The molecule has 0 radical (unpaired) electrons. The molecule has 4 nitrogen and oxygen atoms in total. The van der Waals surface area contributed by atoms with Gasteiger partial charge in [0.25, 0.3) is 0 Å². The molecule has 1 aliphatic rings. The Morgan fingerprint density at radius 2 is 2.00 bits per heavy atom. The highest BCUT2D eigenvalue weighted by Gasteiger charge is 2.26. The number of rotatable bonds is 4. The van der Waals surface area contributed by atoms with Crippen LogP contribution in [0.25, 0.3) is 0 Å². The third kappa shape index (κ3) is 4.74. The van der Waals surface area contributed by atoms with Crippen molar-refractivity contribution in [3.63, 3.8) is 0 Å². The molecule has 1 aromatic rings. The number of nitrogens with zero attached hydrogens (tertiary/aromatic N) is 2. The lowest BCUT2D eigenvalue weighted by molar-refractivity contribution is 0.161. The number of phenols is 1. The topological polar surface area (TPSA) is 59.3 Å². The molecule has 0 unspecified atom stereocenters. The first-order valence-electron chi connectivity index (χ1n) is 7.05. The number of benzene rings is 1. The predicted octanol–water partition coefficient (Wildman–Crippen LogP) is 3.62. The second-order valence-corrected chi connectivity index (χ2v) is 5.91. The van der Waals surface area contributed by atoms with E-state index in [-0.39, 0.29) is 36.6 Å². The molecule has 2 rings (SSSR count). The molecule has 1 atom stereocenters. The van der Waals surface area contributed by atoms with Gasteiger partial charge in [-0.2, -0.15) is 5.26 Å². The number of hydrogen-bond donors (Lipinski definition) is 2. The van der Waals surface area contributed by atoms with Crippen LogP contribution in [0, 0.1) is 11.3 Å². The van der Waals surface area contributed by atoms with Crippen molar-refractivity contribution < 1.29 is 5.11 Å². The first-order valence-corrected chi connectivity index (χ1v) is 7.84. The van der Waals surface area contributed by atoms with E-state index in [4.69, 9.17) is 5.26 Å². The van der Waals surface area contributed by atoms with Gasteiger partial charge in [0, 0.05) is 42.3 Å². The Labute approximate surface area is 152 Å². The highest BCUT2D eigenvalue weighted by Crippen LogP contribution is 2.39. The van der Waals surface area contributed by atoms with Crippen molar-refractivity contribution in [3.8, 4) is 11.8 Å². The molecule has 1 saturated heterocycles. The smallest absolute Gasteiger partial charge is 0.139 e. The van der Waals surface area contributed by atoms with Gasteiger partial charge in [-0.05, 0) is 18.6 Å². The quantitative estimate of drug-likeness (QED) is 0.795. The lowest BCUT2D eigenvalue weighted by atomic mass is 9.97. The molecule has 1 fully saturated rings. The largest absolute Gasteiger partial charge is 0.506 e. The number of phenolic OH excluding ortho intramolecular Hbond substituents is 1. The van der Waals surface area contributed by atoms with E-state index in [0.717, 1.165) is 49.1 Å². The van der Waals surface area contributed by atoms with Crippen molar-refractivity contribution in [1.29, 1.82) is 5.26 Å². The van der Waals surface area contributed by atoms with Crippen molar-refractivity contribution in [3.05, 3.63) is 27.7 Å². The number of halogens is 3. The molecule has 1 aromatic carbocycles. The molecule has 0 aliphatic carbocycles. The normalized spacial score (nSPS) is 16.0. The number of nitrogens with one attached hydrogen (secondary N) is 1. The van der Waals surface area contributed by atoms with Crippen molar-refractivity contribution in [2.24, 2.45) is 0 Å². The predicted molar refractivity (Wildman–Crippen MR) is 97.1 cm³/mol. The van der Waals surface area contributed by atoms with Crippen LogP contribution in [0.5, 0.6) is 5.75 Å². The van der Waals surface area contributed by atoms with Gasteiger partial charge < -0.3 is 10.4 Å². The third-order valence-electron chi connectivity index (χ3n) is 3.77. The van der Waals surface area contributed by atoms with E-state index in [2.05, 4.69) is 39.1 Å². The summed E-state index contributed by atoms with van der Waals surface area (Å²) in [4.78, 5) is 2.39. The second kappa shape index (κ2) is 10.3. The molecular weight excluding hydrogens is 389 g/mol.